The Balaban J connectivity index is 2.00. The number of ether oxygens (including phenoxy) is 1. The molecule has 0 spiro atoms. The minimum absolute atomic E-state index is 0.239. The lowest BCUT2D eigenvalue weighted by Crippen LogP contribution is -2.36. The van der Waals surface area contributed by atoms with Crippen LogP contribution in [0, 0.1) is 0 Å². The predicted molar refractivity (Wildman–Crippen MR) is 71.0 cm³/mol. The number of hydrogen-bond donors (Lipinski definition) is 1. The van der Waals surface area contributed by atoms with Crippen molar-refractivity contribution in [2.75, 3.05) is 6.54 Å². The van der Waals surface area contributed by atoms with Crippen molar-refractivity contribution in [1.29, 1.82) is 0 Å². The number of likely N-dealkylation sites (N-methyl/N-ethyl adjacent to an activating group) is 1. The third-order valence-corrected chi connectivity index (χ3v) is 3.51. The van der Waals surface area contributed by atoms with E-state index in [0.29, 0.717) is 12.1 Å². The highest BCUT2D eigenvalue weighted by Gasteiger charge is 2.25. The number of rotatable bonds is 6. The Labute approximate surface area is 104 Å². The van der Waals surface area contributed by atoms with Crippen LogP contribution >= 0.6 is 0 Å². The van der Waals surface area contributed by atoms with Crippen LogP contribution in [0.5, 0.6) is 0 Å². The lowest BCUT2D eigenvalue weighted by Gasteiger charge is -2.33. The Hall–Kier alpha value is -0.860. The van der Waals surface area contributed by atoms with Crippen LogP contribution in [-0.2, 0) is 4.74 Å². The molecular weight excluding hydrogens is 210 g/mol. The summed E-state index contributed by atoms with van der Waals surface area (Å²) >= 11 is 0. The average Bonchev–Trinajstić information content (AvgIpc) is 2.31. The van der Waals surface area contributed by atoms with E-state index >= 15 is 0 Å². The van der Waals surface area contributed by atoms with Gasteiger partial charge in [-0.05, 0) is 38.3 Å². The van der Waals surface area contributed by atoms with Crippen molar-refractivity contribution in [2.24, 2.45) is 0 Å². The van der Waals surface area contributed by atoms with Gasteiger partial charge in [-0.3, -0.25) is 0 Å². The van der Waals surface area contributed by atoms with Crippen molar-refractivity contribution in [3.8, 4) is 0 Å². The van der Waals surface area contributed by atoms with Crippen molar-refractivity contribution in [1.82, 2.24) is 5.32 Å². The van der Waals surface area contributed by atoms with E-state index in [-0.39, 0.29) is 6.10 Å². The average molecular weight is 233 g/mol. The molecule has 2 unspecified atom stereocenters. The van der Waals surface area contributed by atoms with E-state index in [1.54, 1.807) is 0 Å². The lowest BCUT2D eigenvalue weighted by atomic mass is 9.95. The van der Waals surface area contributed by atoms with Crippen LogP contribution in [0.3, 0.4) is 0 Å². The molecule has 0 saturated heterocycles. The van der Waals surface area contributed by atoms with Gasteiger partial charge >= 0.3 is 0 Å². The Morgan fingerprint density at radius 3 is 2.53 bits per heavy atom. The molecule has 1 aliphatic carbocycles. The third kappa shape index (κ3) is 3.30. The summed E-state index contributed by atoms with van der Waals surface area (Å²) < 4.78 is 6.09. The van der Waals surface area contributed by atoms with Crippen molar-refractivity contribution in [2.45, 2.75) is 51.4 Å². The molecule has 0 radical (unpaired) electrons. The van der Waals surface area contributed by atoms with Crippen LogP contribution in [0.4, 0.5) is 0 Å². The molecule has 0 bridgehead atoms. The smallest absolute Gasteiger partial charge is 0.0745 e. The Morgan fingerprint density at radius 2 is 2.00 bits per heavy atom. The second-order valence-corrected chi connectivity index (χ2v) is 4.84. The maximum atomic E-state index is 6.09. The molecule has 94 valence electrons. The topological polar surface area (TPSA) is 21.3 Å². The SMILES string of the molecule is CCNC(c1ccccc1)C(C)OC1CCC1. The highest BCUT2D eigenvalue weighted by atomic mass is 16.5. The van der Waals surface area contributed by atoms with Gasteiger partial charge in [0.1, 0.15) is 0 Å². The van der Waals surface area contributed by atoms with Crippen LogP contribution in [0.2, 0.25) is 0 Å². The van der Waals surface area contributed by atoms with Crippen molar-refractivity contribution < 1.29 is 4.74 Å². The van der Waals surface area contributed by atoms with Gasteiger partial charge in [-0.15, -0.1) is 0 Å². The van der Waals surface area contributed by atoms with Gasteiger partial charge in [-0.2, -0.15) is 0 Å². The summed E-state index contributed by atoms with van der Waals surface area (Å²) in [5, 5.41) is 3.53. The maximum absolute atomic E-state index is 6.09. The van der Waals surface area contributed by atoms with Gasteiger partial charge in [-0.25, -0.2) is 0 Å². The predicted octanol–water partition coefficient (Wildman–Crippen LogP) is 3.29. The van der Waals surface area contributed by atoms with E-state index in [0.717, 1.165) is 6.54 Å². The summed E-state index contributed by atoms with van der Waals surface area (Å²) in [6, 6.07) is 10.9. The molecule has 0 heterocycles. The van der Waals surface area contributed by atoms with Crippen LogP contribution in [-0.4, -0.2) is 18.8 Å². The summed E-state index contributed by atoms with van der Waals surface area (Å²) in [4.78, 5) is 0. The monoisotopic (exact) mass is 233 g/mol. The van der Waals surface area contributed by atoms with Crippen LogP contribution in [0.1, 0.15) is 44.7 Å². The largest absolute Gasteiger partial charge is 0.373 e. The van der Waals surface area contributed by atoms with E-state index < -0.39 is 0 Å². The molecule has 1 saturated carbocycles. The van der Waals surface area contributed by atoms with Gasteiger partial charge in [0.2, 0.25) is 0 Å². The Morgan fingerprint density at radius 1 is 1.29 bits per heavy atom. The van der Waals surface area contributed by atoms with Gasteiger partial charge < -0.3 is 10.1 Å². The van der Waals surface area contributed by atoms with E-state index in [1.165, 1.54) is 24.8 Å². The summed E-state index contributed by atoms with van der Waals surface area (Å²) in [5.41, 5.74) is 1.32. The van der Waals surface area contributed by atoms with Crippen LogP contribution in [0.25, 0.3) is 0 Å². The highest BCUT2D eigenvalue weighted by molar-refractivity contribution is 5.20. The van der Waals surface area contributed by atoms with E-state index in [2.05, 4.69) is 49.5 Å². The minimum Gasteiger partial charge on any atom is -0.373 e. The first-order valence-electron chi connectivity index (χ1n) is 6.75. The van der Waals surface area contributed by atoms with E-state index in [4.69, 9.17) is 4.74 Å². The molecule has 1 aromatic rings. The highest BCUT2D eigenvalue weighted by Crippen LogP contribution is 2.27. The molecule has 2 rings (SSSR count). The van der Waals surface area contributed by atoms with Gasteiger partial charge in [0.05, 0.1) is 18.2 Å². The molecule has 2 nitrogen and oxygen atoms in total. The molecule has 0 amide bonds. The molecule has 0 aromatic heterocycles. The van der Waals surface area contributed by atoms with Gasteiger partial charge in [0.15, 0.2) is 0 Å². The first kappa shape index (κ1) is 12.6. The Bertz CT molecular complexity index is 321. The summed E-state index contributed by atoms with van der Waals surface area (Å²) in [6.07, 6.45) is 4.53. The Kier molecular flexibility index (Phi) is 4.57. The zero-order valence-electron chi connectivity index (χ0n) is 10.9. The number of nitrogens with one attached hydrogen (secondary N) is 1. The molecule has 1 fully saturated rings. The maximum Gasteiger partial charge on any atom is 0.0745 e. The van der Waals surface area contributed by atoms with Crippen molar-refractivity contribution in [3.05, 3.63) is 35.9 Å². The number of hydrogen-bond acceptors (Lipinski definition) is 2. The summed E-state index contributed by atoms with van der Waals surface area (Å²) in [6.45, 7) is 5.29. The van der Waals surface area contributed by atoms with E-state index in [1.807, 2.05) is 0 Å². The first-order valence-corrected chi connectivity index (χ1v) is 6.75. The minimum atomic E-state index is 0.239. The standard InChI is InChI=1S/C15H23NO/c1-3-16-15(13-8-5-4-6-9-13)12(2)17-14-10-7-11-14/h4-6,8-9,12,14-16H,3,7,10-11H2,1-2H3. The molecular formula is C15H23NO. The number of benzene rings is 1. The fraction of sp³-hybridized carbons (Fsp3) is 0.600. The van der Waals surface area contributed by atoms with E-state index in [9.17, 15) is 0 Å². The lowest BCUT2D eigenvalue weighted by molar-refractivity contribution is -0.0581. The molecule has 0 aliphatic heterocycles. The third-order valence-electron chi connectivity index (χ3n) is 3.51. The summed E-state index contributed by atoms with van der Waals surface area (Å²) in [5.74, 6) is 0. The molecule has 1 N–H and O–H groups in total. The molecule has 2 atom stereocenters. The molecule has 1 aliphatic rings. The van der Waals surface area contributed by atoms with Gasteiger partial charge in [0, 0.05) is 0 Å². The normalized spacial score (nSPS) is 19.6. The quantitative estimate of drug-likeness (QED) is 0.814. The van der Waals surface area contributed by atoms with Crippen molar-refractivity contribution in [3.63, 3.8) is 0 Å². The summed E-state index contributed by atoms with van der Waals surface area (Å²) in [7, 11) is 0. The second-order valence-electron chi connectivity index (χ2n) is 4.84. The molecule has 1 aromatic carbocycles. The van der Waals surface area contributed by atoms with Crippen LogP contribution in [0.15, 0.2) is 30.3 Å². The fourth-order valence-electron chi connectivity index (χ4n) is 2.32. The fourth-order valence-corrected chi connectivity index (χ4v) is 2.32. The molecule has 17 heavy (non-hydrogen) atoms. The second kappa shape index (κ2) is 6.18. The van der Waals surface area contributed by atoms with Gasteiger partial charge in [0.25, 0.3) is 0 Å². The van der Waals surface area contributed by atoms with Crippen molar-refractivity contribution >= 4 is 0 Å². The van der Waals surface area contributed by atoms with Gasteiger partial charge in [-0.1, -0.05) is 37.3 Å². The first-order chi connectivity index (χ1) is 8.31. The zero-order valence-corrected chi connectivity index (χ0v) is 10.9. The van der Waals surface area contributed by atoms with Crippen LogP contribution < -0.4 is 5.32 Å². The molecule has 2 heteroatoms. The zero-order chi connectivity index (χ0) is 12.1.